The van der Waals surface area contributed by atoms with Gasteiger partial charge in [0.05, 0.1) is 33.4 Å². The van der Waals surface area contributed by atoms with E-state index in [2.05, 4.69) is 5.16 Å². The molecule has 0 spiro atoms. The maximum absolute atomic E-state index is 13.8. The molecule has 30 heavy (non-hydrogen) atoms. The summed E-state index contributed by atoms with van der Waals surface area (Å²) in [4.78, 5) is 10.5. The number of alkyl halides is 3. The number of aryl methyl sites for hydroxylation is 2. The third-order valence-electron chi connectivity index (χ3n) is 5.43. The second kappa shape index (κ2) is 7.69. The van der Waals surface area contributed by atoms with E-state index >= 15 is 0 Å². The van der Waals surface area contributed by atoms with Crippen molar-refractivity contribution in [3.8, 4) is 11.1 Å². The largest absolute Gasteiger partial charge is 0.481 e. The molecule has 1 aromatic heterocycles. The maximum Gasteiger partial charge on any atom is 0.417 e. The summed E-state index contributed by atoms with van der Waals surface area (Å²) in [7, 11) is -3.22. The maximum atomic E-state index is 13.8. The first kappa shape index (κ1) is 22.3. The number of carboxylic acid groups (broad SMARTS) is 1. The van der Waals surface area contributed by atoms with Gasteiger partial charge in [0, 0.05) is 12.7 Å². The Balaban J connectivity index is 2.10. The molecular formula is C19H20F3NO6S. The van der Waals surface area contributed by atoms with E-state index < -0.39 is 49.7 Å². The fraction of sp³-hybridized carbons (Fsp3) is 0.474. The van der Waals surface area contributed by atoms with Crippen molar-refractivity contribution in [2.45, 2.75) is 49.1 Å². The van der Waals surface area contributed by atoms with E-state index in [1.54, 1.807) is 13.8 Å². The zero-order valence-electron chi connectivity index (χ0n) is 16.4. The van der Waals surface area contributed by atoms with Gasteiger partial charge in [0.2, 0.25) is 0 Å². The van der Waals surface area contributed by atoms with Gasteiger partial charge < -0.3 is 14.4 Å². The minimum Gasteiger partial charge on any atom is -0.481 e. The Hall–Kier alpha value is -2.40. The highest BCUT2D eigenvalue weighted by molar-refractivity contribution is 7.92. The molecule has 0 saturated heterocycles. The number of sulfone groups is 1. The van der Waals surface area contributed by atoms with Crippen molar-refractivity contribution in [3.63, 3.8) is 0 Å². The van der Waals surface area contributed by atoms with Gasteiger partial charge in [-0.15, -0.1) is 0 Å². The van der Waals surface area contributed by atoms with E-state index in [1.807, 2.05) is 0 Å². The van der Waals surface area contributed by atoms with Crippen molar-refractivity contribution in [2.75, 3.05) is 7.11 Å². The highest BCUT2D eigenvalue weighted by atomic mass is 32.2. The molecule has 1 heterocycles. The predicted molar refractivity (Wildman–Crippen MR) is 98.5 cm³/mol. The van der Waals surface area contributed by atoms with Gasteiger partial charge in [0.25, 0.3) is 0 Å². The van der Waals surface area contributed by atoms with Crippen LogP contribution in [-0.4, -0.2) is 43.1 Å². The lowest BCUT2D eigenvalue weighted by molar-refractivity contribution is -0.145. The molecule has 1 fully saturated rings. The van der Waals surface area contributed by atoms with Gasteiger partial charge in [0.1, 0.15) is 5.76 Å². The Kier molecular flexibility index (Phi) is 5.72. The molecule has 0 amide bonds. The topological polar surface area (TPSA) is 107 Å². The zero-order chi connectivity index (χ0) is 22.4. The first-order valence-electron chi connectivity index (χ1n) is 9.02. The lowest BCUT2D eigenvalue weighted by Crippen LogP contribution is -2.24. The number of carbonyl (C=O) groups is 1. The van der Waals surface area contributed by atoms with Gasteiger partial charge in [-0.2, -0.15) is 13.2 Å². The van der Waals surface area contributed by atoms with Crippen LogP contribution < -0.4 is 0 Å². The number of methoxy groups -OCH3 is 1. The van der Waals surface area contributed by atoms with Crippen molar-refractivity contribution in [2.24, 2.45) is 5.92 Å². The first-order valence-corrected chi connectivity index (χ1v) is 10.6. The summed E-state index contributed by atoms with van der Waals surface area (Å²) in [5, 5.41) is 11.7. The van der Waals surface area contributed by atoms with E-state index in [4.69, 9.17) is 9.26 Å². The van der Waals surface area contributed by atoms with Crippen LogP contribution >= 0.6 is 0 Å². The second-order valence-electron chi connectivity index (χ2n) is 7.27. The summed E-state index contributed by atoms with van der Waals surface area (Å²) >= 11 is 0. The Bertz CT molecular complexity index is 1060. The molecule has 3 rings (SSSR count). The molecule has 0 radical (unpaired) electrons. The molecule has 1 saturated carbocycles. The smallest absolute Gasteiger partial charge is 0.417 e. The summed E-state index contributed by atoms with van der Waals surface area (Å²) in [5.41, 5.74) is -0.454. The Morgan fingerprint density at radius 1 is 1.27 bits per heavy atom. The molecule has 11 heteroatoms. The summed E-state index contributed by atoms with van der Waals surface area (Å²) < 4.78 is 77.7. The quantitative estimate of drug-likeness (QED) is 0.746. The molecule has 1 aliphatic rings. The minimum absolute atomic E-state index is 0.127. The summed E-state index contributed by atoms with van der Waals surface area (Å²) in [6.45, 7) is 3.11. The van der Waals surface area contributed by atoms with E-state index in [0.717, 1.165) is 12.1 Å². The third kappa shape index (κ3) is 3.83. The number of hydrogen-bond donors (Lipinski definition) is 1. The van der Waals surface area contributed by atoms with Crippen LogP contribution in [0, 0.1) is 19.8 Å². The minimum atomic E-state index is -4.94. The Morgan fingerprint density at radius 2 is 1.93 bits per heavy atom. The van der Waals surface area contributed by atoms with E-state index in [1.165, 1.54) is 13.2 Å². The van der Waals surface area contributed by atoms with Gasteiger partial charge in [0.15, 0.2) is 9.84 Å². The number of nitrogens with zero attached hydrogens (tertiary/aromatic N) is 1. The summed E-state index contributed by atoms with van der Waals surface area (Å²) in [5.74, 6) is -2.05. The van der Waals surface area contributed by atoms with Crippen LogP contribution in [0.1, 0.15) is 29.9 Å². The molecule has 0 bridgehead atoms. The van der Waals surface area contributed by atoms with Crippen LogP contribution in [0.4, 0.5) is 13.2 Å². The van der Waals surface area contributed by atoms with Crippen LogP contribution in [0.2, 0.25) is 0 Å². The highest BCUT2D eigenvalue weighted by Gasteiger charge is 2.47. The summed E-state index contributed by atoms with van der Waals surface area (Å²) in [6, 6.07) is 2.94. The van der Waals surface area contributed by atoms with Gasteiger partial charge >= 0.3 is 12.1 Å². The van der Waals surface area contributed by atoms with E-state index in [9.17, 15) is 31.5 Å². The van der Waals surface area contributed by atoms with Crippen molar-refractivity contribution in [3.05, 3.63) is 35.2 Å². The van der Waals surface area contributed by atoms with Gasteiger partial charge in [-0.3, -0.25) is 4.79 Å². The zero-order valence-corrected chi connectivity index (χ0v) is 17.2. The number of ether oxygens (including phenoxy) is 1. The molecule has 2 aromatic rings. The molecule has 1 N–H and O–H groups in total. The lowest BCUT2D eigenvalue weighted by atomic mass is 10.0. The SMILES string of the molecule is CO[C@@H]1C[C@H](S(=O)(=O)c2ccc(-c3c(C)noc3C)cc2C(F)(F)F)C[C@H]1C(=O)O. The number of carboxylic acids is 1. The van der Waals surface area contributed by atoms with Gasteiger partial charge in [-0.05, 0) is 44.4 Å². The molecule has 0 unspecified atom stereocenters. The van der Waals surface area contributed by atoms with Crippen molar-refractivity contribution < 1.29 is 40.8 Å². The van der Waals surface area contributed by atoms with E-state index in [-0.39, 0.29) is 18.4 Å². The van der Waals surface area contributed by atoms with Crippen LogP contribution in [0.3, 0.4) is 0 Å². The Labute approximate surface area is 170 Å². The molecule has 7 nitrogen and oxygen atoms in total. The third-order valence-corrected chi connectivity index (χ3v) is 7.66. The Morgan fingerprint density at radius 3 is 2.40 bits per heavy atom. The average Bonchev–Trinajstić information content (AvgIpc) is 3.24. The fourth-order valence-electron chi connectivity index (χ4n) is 3.96. The number of aromatic nitrogens is 1. The van der Waals surface area contributed by atoms with Crippen LogP contribution in [0.5, 0.6) is 0 Å². The normalized spacial score (nSPS) is 22.4. The molecular weight excluding hydrogens is 427 g/mol. The number of hydrogen-bond acceptors (Lipinski definition) is 6. The number of aliphatic carboxylic acids is 1. The number of halogens is 3. The molecule has 3 atom stereocenters. The molecule has 0 aliphatic heterocycles. The standard InChI is InChI=1S/C19H20F3NO6S/c1-9-17(10(2)29-23-9)11-4-5-16(14(6-11)19(20,21)22)30(26,27)12-7-13(18(24)25)15(8-12)28-3/h4-6,12-13,15H,7-8H2,1-3H3,(H,24,25)/t12-,13-,15-/m1/s1. The molecule has 1 aromatic carbocycles. The van der Waals surface area contributed by atoms with Gasteiger partial charge in [-0.25, -0.2) is 8.42 Å². The lowest BCUT2D eigenvalue weighted by Gasteiger charge is -2.18. The van der Waals surface area contributed by atoms with Gasteiger partial charge in [-0.1, -0.05) is 11.2 Å². The van der Waals surface area contributed by atoms with E-state index in [0.29, 0.717) is 17.0 Å². The number of rotatable bonds is 5. The molecule has 164 valence electrons. The van der Waals surface area contributed by atoms with Crippen molar-refractivity contribution in [1.82, 2.24) is 5.16 Å². The second-order valence-corrected chi connectivity index (χ2v) is 9.46. The number of benzene rings is 1. The van der Waals surface area contributed by atoms with Crippen LogP contribution in [0.25, 0.3) is 11.1 Å². The highest BCUT2D eigenvalue weighted by Crippen LogP contribution is 2.42. The van der Waals surface area contributed by atoms with Crippen LogP contribution in [0.15, 0.2) is 27.6 Å². The predicted octanol–water partition coefficient (Wildman–Crippen LogP) is 3.63. The molecule has 1 aliphatic carbocycles. The monoisotopic (exact) mass is 447 g/mol. The van der Waals surface area contributed by atoms with Crippen LogP contribution in [-0.2, 0) is 25.5 Å². The average molecular weight is 447 g/mol. The first-order chi connectivity index (χ1) is 13.9. The summed E-state index contributed by atoms with van der Waals surface area (Å²) in [6.07, 6.45) is -6.35. The fourth-order valence-corrected chi connectivity index (χ4v) is 5.96. The van der Waals surface area contributed by atoms with Crippen molar-refractivity contribution >= 4 is 15.8 Å². The van der Waals surface area contributed by atoms with Crippen molar-refractivity contribution in [1.29, 1.82) is 0 Å².